The molecule has 0 radical (unpaired) electrons. The lowest BCUT2D eigenvalue weighted by Gasteiger charge is -2.06. The summed E-state index contributed by atoms with van der Waals surface area (Å²) in [5, 5.41) is 0. The lowest BCUT2D eigenvalue weighted by Crippen LogP contribution is -2.10. The fourth-order valence-corrected chi connectivity index (χ4v) is 0.644. The van der Waals surface area contributed by atoms with Crippen LogP contribution in [0.15, 0.2) is 12.1 Å². The SMILES string of the molecule is Nc1ccc(C(F)(F)F)nc1N. The van der Waals surface area contributed by atoms with Crippen molar-refractivity contribution in [3.8, 4) is 0 Å². The molecule has 3 nitrogen and oxygen atoms in total. The number of rotatable bonds is 0. The maximum absolute atomic E-state index is 11.9. The molecule has 1 aromatic rings. The second-order valence-electron chi connectivity index (χ2n) is 2.17. The topological polar surface area (TPSA) is 64.9 Å². The number of nitrogens with zero attached hydrogens (tertiary/aromatic N) is 1. The highest BCUT2D eigenvalue weighted by Gasteiger charge is 2.32. The third kappa shape index (κ3) is 1.58. The van der Waals surface area contributed by atoms with E-state index in [0.29, 0.717) is 0 Å². The minimum Gasteiger partial charge on any atom is -0.396 e. The molecule has 0 aliphatic carbocycles. The van der Waals surface area contributed by atoms with Crippen molar-refractivity contribution in [3.05, 3.63) is 17.8 Å². The molecule has 0 fully saturated rings. The van der Waals surface area contributed by atoms with Crippen molar-refractivity contribution >= 4 is 11.5 Å². The van der Waals surface area contributed by atoms with Crippen LogP contribution in [0.4, 0.5) is 24.7 Å². The summed E-state index contributed by atoms with van der Waals surface area (Å²) in [7, 11) is 0. The van der Waals surface area contributed by atoms with E-state index in [1.165, 1.54) is 0 Å². The normalized spacial score (nSPS) is 11.6. The molecule has 1 aromatic heterocycles. The summed E-state index contributed by atoms with van der Waals surface area (Å²) in [6.07, 6.45) is -4.47. The number of pyridine rings is 1. The summed E-state index contributed by atoms with van der Waals surface area (Å²) >= 11 is 0. The number of nitrogens with two attached hydrogens (primary N) is 2. The summed E-state index contributed by atoms with van der Waals surface area (Å²) in [5.74, 6) is -0.301. The van der Waals surface area contributed by atoms with Crippen molar-refractivity contribution in [2.75, 3.05) is 11.5 Å². The minimum absolute atomic E-state index is 0.0444. The molecule has 0 unspecified atom stereocenters. The molecule has 1 rings (SSSR count). The average molecular weight is 177 g/mol. The molecule has 66 valence electrons. The lowest BCUT2D eigenvalue weighted by atomic mass is 10.3. The Morgan fingerprint density at radius 3 is 2.17 bits per heavy atom. The Morgan fingerprint density at radius 1 is 1.17 bits per heavy atom. The van der Waals surface area contributed by atoms with Crippen molar-refractivity contribution in [3.63, 3.8) is 0 Å². The van der Waals surface area contributed by atoms with Crippen molar-refractivity contribution in [1.29, 1.82) is 0 Å². The average Bonchev–Trinajstić information content (AvgIpc) is 1.92. The van der Waals surface area contributed by atoms with Crippen molar-refractivity contribution in [2.24, 2.45) is 0 Å². The molecule has 0 bridgehead atoms. The van der Waals surface area contributed by atoms with Crippen molar-refractivity contribution in [1.82, 2.24) is 4.98 Å². The van der Waals surface area contributed by atoms with Crippen LogP contribution in [-0.2, 0) is 6.18 Å². The van der Waals surface area contributed by atoms with Crippen LogP contribution in [0.5, 0.6) is 0 Å². The summed E-state index contributed by atoms with van der Waals surface area (Å²) < 4.78 is 35.8. The van der Waals surface area contributed by atoms with Crippen LogP contribution in [0.25, 0.3) is 0 Å². The molecular formula is C6H6F3N3. The predicted molar refractivity (Wildman–Crippen MR) is 38.1 cm³/mol. The highest BCUT2D eigenvalue weighted by atomic mass is 19.4. The van der Waals surface area contributed by atoms with Gasteiger partial charge in [-0.1, -0.05) is 0 Å². The first-order chi connectivity index (χ1) is 5.41. The second-order valence-corrected chi connectivity index (χ2v) is 2.17. The van der Waals surface area contributed by atoms with Crippen LogP contribution in [0.2, 0.25) is 0 Å². The van der Waals surface area contributed by atoms with E-state index in [2.05, 4.69) is 4.98 Å². The zero-order chi connectivity index (χ0) is 9.35. The van der Waals surface area contributed by atoms with Gasteiger partial charge in [0, 0.05) is 0 Å². The highest BCUT2D eigenvalue weighted by Crippen LogP contribution is 2.29. The number of halogens is 3. The second kappa shape index (κ2) is 2.54. The van der Waals surface area contributed by atoms with Gasteiger partial charge in [0.05, 0.1) is 5.69 Å². The van der Waals surface area contributed by atoms with Gasteiger partial charge in [-0.05, 0) is 12.1 Å². The first-order valence-electron chi connectivity index (χ1n) is 3.00. The van der Waals surface area contributed by atoms with Gasteiger partial charge in [0.1, 0.15) is 11.5 Å². The standard InChI is InChI=1S/C6H6F3N3/c7-6(8,9)4-2-1-3(10)5(11)12-4/h1-2H,10H2,(H2,11,12). The van der Waals surface area contributed by atoms with Crippen LogP contribution in [0, 0.1) is 0 Å². The Kier molecular flexibility index (Phi) is 1.83. The minimum atomic E-state index is -4.47. The van der Waals surface area contributed by atoms with E-state index in [4.69, 9.17) is 11.5 Å². The first-order valence-corrected chi connectivity index (χ1v) is 3.00. The lowest BCUT2D eigenvalue weighted by molar-refractivity contribution is -0.141. The zero-order valence-electron chi connectivity index (χ0n) is 5.89. The summed E-state index contributed by atoms with van der Waals surface area (Å²) in [6.45, 7) is 0. The van der Waals surface area contributed by atoms with E-state index < -0.39 is 11.9 Å². The number of anilines is 2. The van der Waals surface area contributed by atoms with Gasteiger partial charge in [-0.25, -0.2) is 4.98 Å². The molecular weight excluding hydrogens is 171 g/mol. The molecule has 0 saturated heterocycles. The fourth-order valence-electron chi connectivity index (χ4n) is 0.644. The van der Waals surface area contributed by atoms with Crippen LogP contribution < -0.4 is 11.5 Å². The van der Waals surface area contributed by atoms with Crippen molar-refractivity contribution in [2.45, 2.75) is 6.18 Å². The van der Waals surface area contributed by atoms with E-state index in [-0.39, 0.29) is 11.5 Å². The molecule has 0 saturated carbocycles. The smallest absolute Gasteiger partial charge is 0.396 e. The van der Waals surface area contributed by atoms with Gasteiger partial charge < -0.3 is 11.5 Å². The van der Waals surface area contributed by atoms with Gasteiger partial charge >= 0.3 is 6.18 Å². The molecule has 0 aliphatic rings. The monoisotopic (exact) mass is 177 g/mol. The number of aromatic nitrogens is 1. The van der Waals surface area contributed by atoms with E-state index in [9.17, 15) is 13.2 Å². The Hall–Kier alpha value is -1.46. The maximum atomic E-state index is 11.9. The van der Waals surface area contributed by atoms with Crippen LogP contribution >= 0.6 is 0 Å². The number of hydrogen-bond donors (Lipinski definition) is 2. The molecule has 0 spiro atoms. The molecule has 0 atom stereocenters. The molecule has 4 N–H and O–H groups in total. The molecule has 0 amide bonds. The largest absolute Gasteiger partial charge is 0.433 e. The maximum Gasteiger partial charge on any atom is 0.433 e. The number of nitrogen functional groups attached to an aromatic ring is 2. The first kappa shape index (κ1) is 8.63. The third-order valence-corrected chi connectivity index (χ3v) is 1.25. The third-order valence-electron chi connectivity index (χ3n) is 1.25. The molecule has 0 aromatic carbocycles. The van der Waals surface area contributed by atoms with Gasteiger partial charge in [0.2, 0.25) is 0 Å². The summed E-state index contributed by atoms with van der Waals surface area (Å²) in [5.41, 5.74) is 9.27. The highest BCUT2D eigenvalue weighted by molar-refractivity contribution is 5.58. The summed E-state index contributed by atoms with van der Waals surface area (Å²) in [6, 6.07) is 1.86. The van der Waals surface area contributed by atoms with E-state index >= 15 is 0 Å². The van der Waals surface area contributed by atoms with Crippen LogP contribution in [0.1, 0.15) is 5.69 Å². The van der Waals surface area contributed by atoms with E-state index in [1.54, 1.807) is 0 Å². The molecule has 0 aliphatic heterocycles. The number of hydrogen-bond acceptors (Lipinski definition) is 3. The van der Waals surface area contributed by atoms with Gasteiger partial charge in [0.15, 0.2) is 0 Å². The molecule has 1 heterocycles. The van der Waals surface area contributed by atoms with Crippen LogP contribution in [0.3, 0.4) is 0 Å². The van der Waals surface area contributed by atoms with E-state index in [1.807, 2.05) is 0 Å². The van der Waals surface area contributed by atoms with Gasteiger partial charge in [0.25, 0.3) is 0 Å². The Morgan fingerprint density at radius 2 is 1.75 bits per heavy atom. The molecule has 6 heteroatoms. The van der Waals surface area contributed by atoms with Gasteiger partial charge in [-0.15, -0.1) is 0 Å². The zero-order valence-corrected chi connectivity index (χ0v) is 5.89. The van der Waals surface area contributed by atoms with Gasteiger partial charge in [-0.3, -0.25) is 0 Å². The Labute approximate surface area is 66.2 Å². The van der Waals surface area contributed by atoms with Crippen molar-refractivity contribution < 1.29 is 13.2 Å². The number of alkyl halides is 3. The van der Waals surface area contributed by atoms with E-state index in [0.717, 1.165) is 12.1 Å². The Balaban J connectivity index is 3.14. The van der Waals surface area contributed by atoms with Crippen LogP contribution in [-0.4, -0.2) is 4.98 Å². The quantitative estimate of drug-likeness (QED) is 0.627. The summed E-state index contributed by atoms with van der Waals surface area (Å²) in [4.78, 5) is 3.07. The van der Waals surface area contributed by atoms with Gasteiger partial charge in [-0.2, -0.15) is 13.2 Å². The Bertz CT molecular complexity index is 295. The predicted octanol–water partition coefficient (Wildman–Crippen LogP) is 1.26. The fraction of sp³-hybridized carbons (Fsp3) is 0.167. The molecule has 12 heavy (non-hydrogen) atoms.